The highest BCUT2D eigenvalue weighted by Gasteiger charge is 2.11. The molecule has 0 bridgehead atoms. The van der Waals surface area contributed by atoms with Gasteiger partial charge in [-0.3, -0.25) is 0 Å². The van der Waals surface area contributed by atoms with E-state index in [0.29, 0.717) is 6.29 Å². The molecule has 0 saturated carbocycles. The number of carbonyl (C=O) groups excluding carboxylic acids is 1. The summed E-state index contributed by atoms with van der Waals surface area (Å²) in [6, 6.07) is 7.06. The number of halogens is 1. The highest BCUT2D eigenvalue weighted by Crippen LogP contribution is 2.16. The number of allylic oxidation sites excluding steroid dienone is 1. The highest BCUT2D eigenvalue weighted by atomic mass is 79.9. The minimum absolute atomic E-state index is 0.244. The van der Waals surface area contributed by atoms with Gasteiger partial charge in [0.15, 0.2) is 0 Å². The third-order valence-corrected chi connectivity index (χ3v) is 3.08. The van der Waals surface area contributed by atoms with Gasteiger partial charge in [0, 0.05) is 17.2 Å². The Morgan fingerprint density at radius 3 is 2.67 bits per heavy atom. The minimum atomic E-state index is -0.878. The predicted molar refractivity (Wildman–Crippen MR) is 75.8 cm³/mol. The first-order valence-corrected chi connectivity index (χ1v) is 6.39. The molecule has 98 valence electrons. The lowest BCUT2D eigenvalue weighted by molar-refractivity contribution is -0.110. The Balaban J connectivity index is 2.52. The molecular formula is C13H17BrN2O2. The number of aliphatic hydroxyl groups is 1. The molecule has 1 aromatic carbocycles. The fourth-order valence-corrected chi connectivity index (χ4v) is 1.62. The number of carbonyl (C=O) groups is 1. The highest BCUT2D eigenvalue weighted by molar-refractivity contribution is 9.10. The van der Waals surface area contributed by atoms with Gasteiger partial charge < -0.3 is 21.0 Å². The van der Waals surface area contributed by atoms with Gasteiger partial charge in [0.1, 0.15) is 6.29 Å². The van der Waals surface area contributed by atoms with Crippen LogP contribution in [0.25, 0.3) is 5.57 Å². The van der Waals surface area contributed by atoms with Crippen molar-refractivity contribution in [2.45, 2.75) is 19.1 Å². The molecule has 0 aliphatic rings. The van der Waals surface area contributed by atoms with Gasteiger partial charge in [-0.25, -0.2) is 0 Å². The summed E-state index contributed by atoms with van der Waals surface area (Å²) in [6.07, 6.45) is 1.46. The minimum Gasteiger partial charge on any atom is -0.389 e. The van der Waals surface area contributed by atoms with Crippen LogP contribution in [0.5, 0.6) is 0 Å². The van der Waals surface area contributed by atoms with Gasteiger partial charge in [-0.1, -0.05) is 28.1 Å². The van der Waals surface area contributed by atoms with E-state index in [1.807, 2.05) is 31.2 Å². The Labute approximate surface area is 115 Å². The molecule has 0 saturated heterocycles. The van der Waals surface area contributed by atoms with Gasteiger partial charge in [0.2, 0.25) is 0 Å². The third kappa shape index (κ3) is 4.60. The molecule has 0 amide bonds. The molecule has 0 heterocycles. The summed E-state index contributed by atoms with van der Waals surface area (Å²) in [4.78, 5) is 10.4. The fourth-order valence-electron chi connectivity index (χ4n) is 1.36. The fraction of sp³-hybridized carbons (Fsp3) is 0.308. The lowest BCUT2D eigenvalue weighted by atomic mass is 10.1. The zero-order valence-electron chi connectivity index (χ0n) is 10.1. The summed E-state index contributed by atoms with van der Waals surface area (Å²) in [6.45, 7) is 2.20. The van der Waals surface area contributed by atoms with Crippen molar-refractivity contribution in [3.63, 3.8) is 0 Å². The maximum Gasteiger partial charge on any atom is 0.139 e. The van der Waals surface area contributed by atoms with E-state index in [4.69, 9.17) is 5.73 Å². The summed E-state index contributed by atoms with van der Waals surface area (Å²) < 4.78 is 1.03. The normalized spacial score (nSPS) is 15.0. The van der Waals surface area contributed by atoms with Crippen molar-refractivity contribution >= 4 is 27.8 Å². The average molecular weight is 313 g/mol. The van der Waals surface area contributed by atoms with E-state index in [2.05, 4.69) is 21.2 Å². The van der Waals surface area contributed by atoms with Gasteiger partial charge in [0.25, 0.3) is 0 Å². The first-order chi connectivity index (χ1) is 8.54. The van der Waals surface area contributed by atoms with E-state index >= 15 is 0 Å². The second kappa shape index (κ2) is 7.31. The van der Waals surface area contributed by atoms with E-state index in [0.717, 1.165) is 15.6 Å². The molecule has 0 radical (unpaired) electrons. The van der Waals surface area contributed by atoms with Crippen LogP contribution in [0.2, 0.25) is 0 Å². The summed E-state index contributed by atoms with van der Waals surface area (Å²) in [5.41, 5.74) is 7.50. The second-order valence-electron chi connectivity index (χ2n) is 4.02. The molecule has 2 unspecified atom stereocenters. The van der Waals surface area contributed by atoms with E-state index in [1.165, 1.54) is 0 Å². The smallest absolute Gasteiger partial charge is 0.139 e. The topological polar surface area (TPSA) is 75.3 Å². The Morgan fingerprint density at radius 1 is 1.50 bits per heavy atom. The number of hydrogen-bond acceptors (Lipinski definition) is 4. The lowest BCUT2D eigenvalue weighted by Gasteiger charge is -2.13. The summed E-state index contributed by atoms with van der Waals surface area (Å²) >= 11 is 3.38. The first-order valence-electron chi connectivity index (χ1n) is 5.59. The molecule has 4 N–H and O–H groups in total. The quantitative estimate of drug-likeness (QED) is 0.692. The Hall–Kier alpha value is -1.17. The van der Waals surface area contributed by atoms with Crippen LogP contribution in [0, 0.1) is 0 Å². The standard InChI is InChI=1S/C13H17BrN2O2/c1-9(10-2-4-11(14)5-3-10)6-16-7-13(18)12(15)8-17/h2-6,8,12-13,16,18H,7,15H2,1H3/b9-6+. The van der Waals surface area contributed by atoms with Crippen molar-refractivity contribution in [3.05, 3.63) is 40.5 Å². The number of benzene rings is 1. The maximum atomic E-state index is 10.4. The number of aldehydes is 1. The molecule has 0 aliphatic carbocycles. The van der Waals surface area contributed by atoms with Crippen LogP contribution >= 0.6 is 15.9 Å². The SMILES string of the molecule is C/C(=C\NCC(O)C(N)C=O)c1ccc(Br)cc1. The van der Waals surface area contributed by atoms with Gasteiger partial charge in [-0.2, -0.15) is 0 Å². The lowest BCUT2D eigenvalue weighted by Crippen LogP contribution is -2.41. The third-order valence-electron chi connectivity index (χ3n) is 2.55. The predicted octanol–water partition coefficient (Wildman–Crippen LogP) is 1.29. The second-order valence-corrected chi connectivity index (χ2v) is 4.94. The van der Waals surface area contributed by atoms with E-state index in [9.17, 15) is 9.90 Å². The van der Waals surface area contributed by atoms with Crippen molar-refractivity contribution in [3.8, 4) is 0 Å². The molecule has 2 atom stereocenters. The summed E-state index contributed by atoms with van der Waals surface area (Å²) in [5, 5.41) is 12.4. The zero-order valence-corrected chi connectivity index (χ0v) is 11.7. The Bertz CT molecular complexity index is 418. The van der Waals surface area contributed by atoms with E-state index < -0.39 is 12.1 Å². The van der Waals surface area contributed by atoms with Crippen LogP contribution < -0.4 is 11.1 Å². The first kappa shape index (κ1) is 14.9. The molecule has 1 rings (SSSR count). The van der Waals surface area contributed by atoms with Gasteiger partial charge in [-0.15, -0.1) is 0 Å². The average Bonchev–Trinajstić information content (AvgIpc) is 2.38. The van der Waals surface area contributed by atoms with Crippen LogP contribution in [0.4, 0.5) is 0 Å². The van der Waals surface area contributed by atoms with Crippen LogP contribution in [0.3, 0.4) is 0 Å². The van der Waals surface area contributed by atoms with E-state index in [-0.39, 0.29) is 6.54 Å². The number of hydrogen-bond donors (Lipinski definition) is 3. The molecule has 5 heteroatoms. The van der Waals surface area contributed by atoms with Crippen molar-refractivity contribution in [1.82, 2.24) is 5.32 Å². The van der Waals surface area contributed by atoms with Crippen LogP contribution in [0.1, 0.15) is 12.5 Å². The zero-order chi connectivity index (χ0) is 13.5. The number of aliphatic hydroxyl groups excluding tert-OH is 1. The molecule has 0 spiro atoms. The number of nitrogens with two attached hydrogens (primary N) is 1. The van der Waals surface area contributed by atoms with Crippen molar-refractivity contribution in [2.24, 2.45) is 5.73 Å². The number of nitrogens with one attached hydrogen (secondary N) is 1. The molecule has 0 aliphatic heterocycles. The van der Waals surface area contributed by atoms with Crippen molar-refractivity contribution in [2.75, 3.05) is 6.54 Å². The van der Waals surface area contributed by atoms with Crippen LogP contribution in [0.15, 0.2) is 34.9 Å². The van der Waals surface area contributed by atoms with Gasteiger partial charge in [-0.05, 0) is 30.2 Å². The molecule has 18 heavy (non-hydrogen) atoms. The van der Waals surface area contributed by atoms with Crippen LogP contribution in [-0.4, -0.2) is 30.1 Å². The molecular weight excluding hydrogens is 296 g/mol. The maximum absolute atomic E-state index is 10.4. The van der Waals surface area contributed by atoms with Gasteiger partial charge in [0.05, 0.1) is 12.1 Å². The largest absolute Gasteiger partial charge is 0.389 e. The van der Waals surface area contributed by atoms with Crippen LogP contribution in [-0.2, 0) is 4.79 Å². The molecule has 0 aromatic heterocycles. The van der Waals surface area contributed by atoms with Gasteiger partial charge >= 0.3 is 0 Å². The number of rotatable bonds is 6. The monoisotopic (exact) mass is 312 g/mol. The molecule has 0 fully saturated rings. The van der Waals surface area contributed by atoms with Crippen molar-refractivity contribution < 1.29 is 9.90 Å². The summed E-state index contributed by atoms with van der Waals surface area (Å²) in [5.74, 6) is 0. The summed E-state index contributed by atoms with van der Waals surface area (Å²) in [7, 11) is 0. The molecule has 1 aromatic rings. The Kier molecular flexibility index (Phi) is 6.04. The van der Waals surface area contributed by atoms with Crippen molar-refractivity contribution in [1.29, 1.82) is 0 Å². The molecule has 4 nitrogen and oxygen atoms in total. The van der Waals surface area contributed by atoms with E-state index in [1.54, 1.807) is 6.20 Å². The Morgan fingerprint density at radius 2 is 2.11 bits per heavy atom.